The molecule has 8 heteroatoms. The Hall–Kier alpha value is -1.89. The number of aromatic nitrogens is 5. The number of hydrogen-bond acceptors (Lipinski definition) is 5. The van der Waals surface area contributed by atoms with Gasteiger partial charge in [0.2, 0.25) is 0 Å². The molecule has 0 radical (unpaired) electrons. The lowest BCUT2D eigenvalue weighted by Crippen LogP contribution is -2.27. The van der Waals surface area contributed by atoms with Crippen LogP contribution in [-0.4, -0.2) is 31.3 Å². The van der Waals surface area contributed by atoms with Gasteiger partial charge in [-0.15, -0.1) is 5.10 Å². The van der Waals surface area contributed by atoms with Crippen molar-refractivity contribution in [2.24, 2.45) is 5.92 Å². The molecule has 0 atom stereocenters. The first-order valence-corrected chi connectivity index (χ1v) is 6.95. The second-order valence-electron chi connectivity index (χ2n) is 4.89. The average molecular weight is 295 g/mol. The summed E-state index contributed by atoms with van der Waals surface area (Å²) in [5.41, 5.74) is 0.241. The maximum Gasteiger partial charge on any atom is 0.291 e. The summed E-state index contributed by atoms with van der Waals surface area (Å²) in [6.07, 6.45) is 7.24. The molecule has 2 heterocycles. The molecule has 20 heavy (non-hydrogen) atoms. The molecule has 0 bridgehead atoms. The normalized spacial score (nSPS) is 14.4. The molecule has 1 N–H and O–H groups in total. The van der Waals surface area contributed by atoms with E-state index in [9.17, 15) is 4.79 Å². The number of nitrogens with one attached hydrogen (secondary N) is 1. The molecule has 0 aliphatic heterocycles. The number of rotatable bonds is 6. The molecule has 7 nitrogen and oxygen atoms in total. The molecule has 0 amide bonds. The molecule has 0 spiro atoms. The van der Waals surface area contributed by atoms with Crippen LogP contribution in [0.15, 0.2) is 23.4 Å². The Kier molecular flexibility index (Phi) is 3.68. The molecule has 1 aliphatic carbocycles. The van der Waals surface area contributed by atoms with Crippen molar-refractivity contribution in [3.05, 3.63) is 34.0 Å². The van der Waals surface area contributed by atoms with Gasteiger partial charge in [-0.05, 0) is 18.8 Å². The van der Waals surface area contributed by atoms with Crippen molar-refractivity contribution < 1.29 is 0 Å². The maximum absolute atomic E-state index is 12.3. The summed E-state index contributed by atoms with van der Waals surface area (Å²) < 4.78 is 3.17. The monoisotopic (exact) mass is 294 g/mol. The van der Waals surface area contributed by atoms with E-state index in [-0.39, 0.29) is 5.56 Å². The minimum Gasteiger partial charge on any atom is -0.377 e. The molecule has 1 fully saturated rings. The minimum absolute atomic E-state index is 0.164. The standard InChI is InChI=1S/C12H15ClN6O/c13-10-7-16-19(8-9-1-2-9)12(20)11(10)14-3-5-18-6-4-15-17-18/h4,6-7,9,14H,1-3,5,8H2. The number of halogens is 1. The van der Waals surface area contributed by atoms with Gasteiger partial charge in [-0.25, -0.2) is 4.68 Å². The first kappa shape index (κ1) is 13.1. The van der Waals surface area contributed by atoms with Crippen LogP contribution in [0.4, 0.5) is 5.69 Å². The summed E-state index contributed by atoms with van der Waals surface area (Å²) in [6.45, 7) is 1.83. The molecule has 1 aliphatic rings. The molecule has 2 aromatic rings. The van der Waals surface area contributed by atoms with Gasteiger partial charge in [0.1, 0.15) is 5.69 Å². The SMILES string of the molecule is O=c1c(NCCn2ccnn2)c(Cl)cnn1CC1CC1. The first-order valence-electron chi connectivity index (χ1n) is 6.57. The fraction of sp³-hybridized carbons (Fsp3) is 0.500. The van der Waals surface area contributed by atoms with E-state index < -0.39 is 0 Å². The van der Waals surface area contributed by atoms with Crippen molar-refractivity contribution in [2.45, 2.75) is 25.9 Å². The van der Waals surface area contributed by atoms with Crippen LogP contribution < -0.4 is 10.9 Å². The highest BCUT2D eigenvalue weighted by Gasteiger charge is 2.23. The topological polar surface area (TPSA) is 77.6 Å². The van der Waals surface area contributed by atoms with Crippen molar-refractivity contribution in [3.63, 3.8) is 0 Å². The van der Waals surface area contributed by atoms with E-state index in [4.69, 9.17) is 11.6 Å². The van der Waals surface area contributed by atoms with Gasteiger partial charge in [0.25, 0.3) is 5.56 Å². The molecular formula is C12H15ClN6O. The summed E-state index contributed by atoms with van der Waals surface area (Å²) >= 11 is 6.04. The molecule has 3 rings (SSSR count). The lowest BCUT2D eigenvalue weighted by Gasteiger charge is -2.10. The van der Waals surface area contributed by atoms with Crippen LogP contribution in [0.5, 0.6) is 0 Å². The summed E-state index contributed by atoms with van der Waals surface area (Å²) in [5.74, 6) is 0.587. The highest BCUT2D eigenvalue weighted by molar-refractivity contribution is 6.32. The number of nitrogens with zero attached hydrogens (tertiary/aromatic N) is 5. The maximum atomic E-state index is 12.3. The summed E-state index contributed by atoms with van der Waals surface area (Å²) in [4.78, 5) is 12.3. The first-order chi connectivity index (χ1) is 9.74. The van der Waals surface area contributed by atoms with Gasteiger partial charge in [-0.3, -0.25) is 9.48 Å². The van der Waals surface area contributed by atoms with E-state index in [0.717, 1.165) is 0 Å². The Morgan fingerprint density at radius 2 is 2.30 bits per heavy atom. The average Bonchev–Trinajstić information content (AvgIpc) is 3.10. The van der Waals surface area contributed by atoms with Gasteiger partial charge in [0, 0.05) is 19.3 Å². The predicted molar refractivity (Wildman–Crippen MR) is 74.7 cm³/mol. The Balaban J connectivity index is 1.69. The van der Waals surface area contributed by atoms with Crippen LogP contribution in [-0.2, 0) is 13.1 Å². The van der Waals surface area contributed by atoms with Gasteiger partial charge in [0.15, 0.2) is 0 Å². The fourth-order valence-electron chi connectivity index (χ4n) is 1.95. The summed E-state index contributed by atoms with van der Waals surface area (Å²) in [6, 6.07) is 0. The predicted octanol–water partition coefficient (Wildman–Crippen LogP) is 1.01. The number of anilines is 1. The Labute approximate surface area is 120 Å². The van der Waals surface area contributed by atoms with Crippen LogP contribution in [0.1, 0.15) is 12.8 Å². The fourth-order valence-corrected chi connectivity index (χ4v) is 2.14. The van der Waals surface area contributed by atoms with E-state index in [1.807, 2.05) is 0 Å². The molecule has 1 saturated carbocycles. The highest BCUT2D eigenvalue weighted by atomic mass is 35.5. The third-order valence-electron chi connectivity index (χ3n) is 3.24. The lowest BCUT2D eigenvalue weighted by atomic mass is 10.4. The van der Waals surface area contributed by atoms with Gasteiger partial charge < -0.3 is 5.32 Å². The van der Waals surface area contributed by atoms with Crippen LogP contribution in [0.2, 0.25) is 5.02 Å². The zero-order valence-electron chi connectivity index (χ0n) is 10.9. The van der Waals surface area contributed by atoms with E-state index >= 15 is 0 Å². The van der Waals surface area contributed by atoms with Crippen molar-refractivity contribution >= 4 is 17.3 Å². The quantitative estimate of drug-likeness (QED) is 0.860. The largest absolute Gasteiger partial charge is 0.377 e. The second kappa shape index (κ2) is 5.62. The van der Waals surface area contributed by atoms with Gasteiger partial charge in [-0.2, -0.15) is 5.10 Å². The van der Waals surface area contributed by atoms with Crippen molar-refractivity contribution in [2.75, 3.05) is 11.9 Å². The molecule has 0 unspecified atom stereocenters. The van der Waals surface area contributed by atoms with E-state index in [1.165, 1.54) is 23.7 Å². The van der Waals surface area contributed by atoms with Crippen LogP contribution >= 0.6 is 11.6 Å². The third kappa shape index (κ3) is 2.98. The number of hydrogen-bond donors (Lipinski definition) is 1. The van der Waals surface area contributed by atoms with Gasteiger partial charge >= 0.3 is 0 Å². The second-order valence-corrected chi connectivity index (χ2v) is 5.30. The Bertz CT molecular complexity index is 634. The zero-order valence-corrected chi connectivity index (χ0v) is 11.6. The molecule has 106 valence electrons. The summed E-state index contributed by atoms with van der Waals surface area (Å²) in [5, 5.41) is 15.1. The molecule has 0 aromatic carbocycles. The summed E-state index contributed by atoms with van der Waals surface area (Å²) in [7, 11) is 0. The highest BCUT2D eigenvalue weighted by Crippen LogP contribution is 2.30. The van der Waals surface area contributed by atoms with Crippen LogP contribution in [0, 0.1) is 5.92 Å². The Morgan fingerprint density at radius 1 is 1.45 bits per heavy atom. The zero-order chi connectivity index (χ0) is 13.9. The van der Waals surface area contributed by atoms with E-state index in [1.54, 1.807) is 17.1 Å². The minimum atomic E-state index is -0.164. The van der Waals surface area contributed by atoms with Crippen molar-refractivity contribution in [1.29, 1.82) is 0 Å². The third-order valence-corrected chi connectivity index (χ3v) is 3.53. The van der Waals surface area contributed by atoms with Crippen molar-refractivity contribution in [3.8, 4) is 0 Å². The van der Waals surface area contributed by atoms with Gasteiger partial charge in [-0.1, -0.05) is 16.8 Å². The van der Waals surface area contributed by atoms with E-state index in [0.29, 0.717) is 36.3 Å². The van der Waals surface area contributed by atoms with Crippen molar-refractivity contribution in [1.82, 2.24) is 24.8 Å². The van der Waals surface area contributed by atoms with E-state index in [2.05, 4.69) is 20.7 Å². The van der Waals surface area contributed by atoms with Gasteiger partial charge in [0.05, 0.1) is 24.0 Å². The van der Waals surface area contributed by atoms with Crippen LogP contribution in [0.25, 0.3) is 0 Å². The molecule has 2 aromatic heterocycles. The lowest BCUT2D eigenvalue weighted by molar-refractivity contribution is 0.534. The smallest absolute Gasteiger partial charge is 0.291 e. The molecule has 0 saturated heterocycles. The Morgan fingerprint density at radius 3 is 3.00 bits per heavy atom. The molecular weight excluding hydrogens is 280 g/mol. The van der Waals surface area contributed by atoms with Crippen LogP contribution in [0.3, 0.4) is 0 Å².